The first-order valence-electron chi connectivity index (χ1n) is 7.25. The molecule has 2 aromatic rings. The molecule has 2 N–H and O–H groups in total. The van der Waals surface area contributed by atoms with Crippen LogP contribution in [-0.2, 0) is 0 Å². The Bertz CT molecular complexity index is 685. The van der Waals surface area contributed by atoms with E-state index in [2.05, 4.69) is 10.3 Å². The summed E-state index contributed by atoms with van der Waals surface area (Å²) in [4.78, 5) is 26.8. The van der Waals surface area contributed by atoms with E-state index in [1.165, 1.54) is 35.3 Å². The van der Waals surface area contributed by atoms with Gasteiger partial charge in [-0.3, -0.25) is 14.9 Å². The van der Waals surface area contributed by atoms with Crippen LogP contribution in [-0.4, -0.2) is 38.1 Å². The summed E-state index contributed by atoms with van der Waals surface area (Å²) in [6.45, 7) is 1.86. The van der Waals surface area contributed by atoms with Gasteiger partial charge in [0.05, 0.1) is 11.3 Å². The van der Waals surface area contributed by atoms with E-state index in [1.807, 2.05) is 6.92 Å². The molecule has 1 amide bonds. The third-order valence-electron chi connectivity index (χ3n) is 3.52. The lowest BCUT2D eigenvalue weighted by atomic mass is 10.1. The number of benzene rings is 1. The third kappa shape index (κ3) is 3.92. The van der Waals surface area contributed by atoms with Crippen LogP contribution < -0.4 is 5.32 Å². The van der Waals surface area contributed by atoms with Crippen LogP contribution in [0.4, 0.5) is 5.69 Å². The quantitative estimate of drug-likeness (QED) is 0.596. The molecule has 1 aromatic carbocycles. The van der Waals surface area contributed by atoms with E-state index in [0.29, 0.717) is 18.5 Å². The number of nitro groups is 1. The molecule has 0 radical (unpaired) electrons. The number of hydrogen-bond donors (Lipinski definition) is 2. The van der Waals surface area contributed by atoms with Gasteiger partial charge in [-0.1, -0.05) is 6.92 Å². The third-order valence-corrected chi connectivity index (χ3v) is 3.52. The van der Waals surface area contributed by atoms with Crippen molar-refractivity contribution in [3.63, 3.8) is 0 Å². The van der Waals surface area contributed by atoms with Gasteiger partial charge in [-0.05, 0) is 25.0 Å². The Kier molecular flexibility index (Phi) is 5.42. The number of aromatic nitrogens is 2. The van der Waals surface area contributed by atoms with Crippen molar-refractivity contribution in [3.05, 3.63) is 52.6 Å². The van der Waals surface area contributed by atoms with Gasteiger partial charge in [-0.25, -0.2) is 4.98 Å². The molecule has 1 atom stereocenters. The fraction of sp³-hybridized carbons (Fsp3) is 0.333. The van der Waals surface area contributed by atoms with Crippen molar-refractivity contribution in [2.45, 2.75) is 25.8 Å². The first-order valence-corrected chi connectivity index (χ1v) is 7.25. The topological polar surface area (TPSA) is 110 Å². The second-order valence-corrected chi connectivity index (χ2v) is 5.02. The zero-order valence-corrected chi connectivity index (χ0v) is 12.7. The minimum atomic E-state index is -0.531. The number of nitrogens with zero attached hydrogens (tertiary/aromatic N) is 3. The van der Waals surface area contributed by atoms with Crippen LogP contribution in [0.2, 0.25) is 0 Å². The molecule has 0 aliphatic rings. The predicted molar refractivity (Wildman–Crippen MR) is 83.5 cm³/mol. The van der Waals surface area contributed by atoms with Gasteiger partial charge in [0.25, 0.3) is 11.6 Å². The predicted octanol–water partition coefficient (Wildman–Crippen LogP) is 1.67. The fourth-order valence-electron chi connectivity index (χ4n) is 2.23. The SMILES string of the molecule is CCC(CCO)NC(=O)c1ccc(-n2ccnc2)c([N+](=O)[O-])c1. The number of aliphatic hydroxyl groups is 1. The van der Waals surface area contributed by atoms with Gasteiger partial charge in [0, 0.05) is 36.7 Å². The monoisotopic (exact) mass is 318 g/mol. The average Bonchev–Trinajstić information content (AvgIpc) is 3.07. The Balaban J connectivity index is 2.29. The molecule has 0 bridgehead atoms. The summed E-state index contributed by atoms with van der Waals surface area (Å²) in [5, 5.41) is 23.0. The van der Waals surface area contributed by atoms with Crippen LogP contribution >= 0.6 is 0 Å². The van der Waals surface area contributed by atoms with Crippen LogP contribution in [0.3, 0.4) is 0 Å². The van der Waals surface area contributed by atoms with E-state index in [9.17, 15) is 14.9 Å². The van der Waals surface area contributed by atoms with E-state index in [-0.39, 0.29) is 23.9 Å². The maximum atomic E-state index is 12.2. The lowest BCUT2D eigenvalue weighted by Crippen LogP contribution is -2.35. The molecular weight excluding hydrogens is 300 g/mol. The van der Waals surface area contributed by atoms with Gasteiger partial charge in [-0.2, -0.15) is 0 Å². The number of carbonyl (C=O) groups is 1. The van der Waals surface area contributed by atoms with E-state index in [0.717, 1.165) is 0 Å². The number of aliphatic hydroxyl groups excluding tert-OH is 1. The molecule has 8 heteroatoms. The molecule has 0 spiro atoms. The number of nitro benzene ring substituents is 1. The highest BCUT2D eigenvalue weighted by Crippen LogP contribution is 2.24. The molecule has 0 aliphatic heterocycles. The lowest BCUT2D eigenvalue weighted by molar-refractivity contribution is -0.384. The first-order chi connectivity index (χ1) is 11.1. The summed E-state index contributed by atoms with van der Waals surface area (Å²) in [5.74, 6) is -0.398. The molecule has 0 fully saturated rings. The van der Waals surface area contributed by atoms with Crippen molar-refractivity contribution in [3.8, 4) is 5.69 Å². The molecule has 1 heterocycles. The van der Waals surface area contributed by atoms with E-state index in [4.69, 9.17) is 5.11 Å². The Morgan fingerprint density at radius 1 is 1.52 bits per heavy atom. The Morgan fingerprint density at radius 3 is 2.87 bits per heavy atom. The van der Waals surface area contributed by atoms with Crippen molar-refractivity contribution in [1.82, 2.24) is 14.9 Å². The summed E-state index contributed by atoms with van der Waals surface area (Å²) in [5.41, 5.74) is 0.370. The Hall–Kier alpha value is -2.74. The highest BCUT2D eigenvalue weighted by Gasteiger charge is 2.20. The zero-order valence-electron chi connectivity index (χ0n) is 12.7. The summed E-state index contributed by atoms with van der Waals surface area (Å²) in [6.07, 6.45) is 5.68. The molecule has 23 heavy (non-hydrogen) atoms. The fourth-order valence-corrected chi connectivity index (χ4v) is 2.23. The molecule has 2 rings (SSSR count). The normalized spacial score (nSPS) is 11.9. The van der Waals surface area contributed by atoms with E-state index in [1.54, 1.807) is 6.20 Å². The molecule has 122 valence electrons. The van der Waals surface area contributed by atoms with Gasteiger partial charge >= 0.3 is 0 Å². The van der Waals surface area contributed by atoms with Crippen LogP contribution in [0, 0.1) is 10.1 Å². The Labute approximate surface area is 132 Å². The van der Waals surface area contributed by atoms with Crippen LogP contribution in [0.1, 0.15) is 30.1 Å². The van der Waals surface area contributed by atoms with Crippen LogP contribution in [0.15, 0.2) is 36.9 Å². The first kappa shape index (κ1) is 16.6. The maximum absolute atomic E-state index is 12.2. The number of nitrogens with one attached hydrogen (secondary N) is 1. The number of rotatable bonds is 7. The molecule has 0 saturated carbocycles. The second-order valence-electron chi connectivity index (χ2n) is 5.02. The number of imidazole rings is 1. The minimum Gasteiger partial charge on any atom is -0.396 e. The molecule has 0 saturated heterocycles. The largest absolute Gasteiger partial charge is 0.396 e. The zero-order chi connectivity index (χ0) is 16.8. The standard InChI is InChI=1S/C15H18N4O4/c1-2-12(5-8-20)17-15(21)11-3-4-13(14(9-11)19(22)23)18-7-6-16-10-18/h3-4,6-7,9-10,12,20H,2,5,8H2,1H3,(H,17,21). The van der Waals surface area contributed by atoms with Crippen molar-refractivity contribution in [1.29, 1.82) is 0 Å². The van der Waals surface area contributed by atoms with Crippen molar-refractivity contribution in [2.24, 2.45) is 0 Å². The van der Waals surface area contributed by atoms with E-state index < -0.39 is 10.8 Å². The van der Waals surface area contributed by atoms with Crippen molar-refractivity contribution >= 4 is 11.6 Å². The molecule has 1 unspecified atom stereocenters. The minimum absolute atomic E-state index is 0.0293. The highest BCUT2D eigenvalue weighted by molar-refractivity contribution is 5.95. The lowest BCUT2D eigenvalue weighted by Gasteiger charge is -2.16. The maximum Gasteiger partial charge on any atom is 0.294 e. The number of amides is 1. The van der Waals surface area contributed by atoms with Gasteiger partial charge in [0.15, 0.2) is 0 Å². The summed E-state index contributed by atoms with van der Waals surface area (Å²) in [6, 6.07) is 4.13. The van der Waals surface area contributed by atoms with Crippen LogP contribution in [0.5, 0.6) is 0 Å². The van der Waals surface area contributed by atoms with Crippen LogP contribution in [0.25, 0.3) is 5.69 Å². The van der Waals surface area contributed by atoms with E-state index >= 15 is 0 Å². The van der Waals surface area contributed by atoms with Gasteiger partial charge in [-0.15, -0.1) is 0 Å². The van der Waals surface area contributed by atoms with Gasteiger partial charge < -0.3 is 15.0 Å². The number of hydrogen-bond acceptors (Lipinski definition) is 5. The smallest absolute Gasteiger partial charge is 0.294 e. The van der Waals surface area contributed by atoms with Crippen molar-refractivity contribution in [2.75, 3.05) is 6.61 Å². The molecule has 1 aromatic heterocycles. The van der Waals surface area contributed by atoms with Gasteiger partial charge in [0.2, 0.25) is 0 Å². The molecular formula is C15H18N4O4. The summed E-state index contributed by atoms with van der Waals surface area (Å²) < 4.78 is 1.51. The average molecular weight is 318 g/mol. The summed E-state index contributed by atoms with van der Waals surface area (Å²) in [7, 11) is 0. The highest BCUT2D eigenvalue weighted by atomic mass is 16.6. The van der Waals surface area contributed by atoms with Gasteiger partial charge in [0.1, 0.15) is 5.69 Å². The Morgan fingerprint density at radius 2 is 2.30 bits per heavy atom. The second kappa shape index (κ2) is 7.50. The van der Waals surface area contributed by atoms with Crippen molar-refractivity contribution < 1.29 is 14.8 Å². The molecule has 0 aliphatic carbocycles. The molecule has 8 nitrogen and oxygen atoms in total. The summed E-state index contributed by atoms with van der Waals surface area (Å²) >= 11 is 0. The number of carbonyl (C=O) groups excluding carboxylic acids is 1.